The SMILES string of the molecule is CC[C@H]1CCC(C(=O)O)N1. The summed E-state index contributed by atoms with van der Waals surface area (Å²) in [5.74, 6) is -0.712. The van der Waals surface area contributed by atoms with Crippen molar-refractivity contribution < 1.29 is 9.90 Å². The van der Waals surface area contributed by atoms with Crippen molar-refractivity contribution in [1.29, 1.82) is 0 Å². The number of hydrogen-bond donors (Lipinski definition) is 2. The molecule has 1 fully saturated rings. The van der Waals surface area contributed by atoms with Gasteiger partial charge in [-0.3, -0.25) is 4.79 Å². The van der Waals surface area contributed by atoms with Crippen LogP contribution in [0.1, 0.15) is 26.2 Å². The Bertz CT molecular complexity index is 136. The number of aliphatic carboxylic acids is 1. The zero-order chi connectivity index (χ0) is 7.56. The third-order valence-electron chi connectivity index (χ3n) is 2.03. The van der Waals surface area contributed by atoms with Gasteiger partial charge in [-0.2, -0.15) is 0 Å². The zero-order valence-electron chi connectivity index (χ0n) is 6.13. The van der Waals surface area contributed by atoms with Crippen molar-refractivity contribution in [3.63, 3.8) is 0 Å². The van der Waals surface area contributed by atoms with Crippen LogP contribution in [0.3, 0.4) is 0 Å². The fourth-order valence-corrected chi connectivity index (χ4v) is 1.34. The molecule has 1 aliphatic rings. The van der Waals surface area contributed by atoms with Crippen LogP contribution in [0.15, 0.2) is 0 Å². The van der Waals surface area contributed by atoms with Crippen LogP contribution in [0.4, 0.5) is 0 Å². The first-order valence-corrected chi connectivity index (χ1v) is 3.73. The molecule has 0 radical (unpaired) electrons. The van der Waals surface area contributed by atoms with Crippen LogP contribution in [0.25, 0.3) is 0 Å². The zero-order valence-corrected chi connectivity index (χ0v) is 6.13. The van der Waals surface area contributed by atoms with Crippen molar-refractivity contribution in [2.45, 2.75) is 38.3 Å². The van der Waals surface area contributed by atoms with E-state index in [1.54, 1.807) is 0 Å². The lowest BCUT2D eigenvalue weighted by atomic mass is 10.1. The van der Waals surface area contributed by atoms with Crippen molar-refractivity contribution in [2.24, 2.45) is 0 Å². The van der Waals surface area contributed by atoms with Gasteiger partial charge in [-0.25, -0.2) is 0 Å². The second-order valence-electron chi connectivity index (χ2n) is 2.74. The maximum Gasteiger partial charge on any atom is 0.320 e. The average Bonchev–Trinajstić information content (AvgIpc) is 2.34. The quantitative estimate of drug-likeness (QED) is 0.595. The topological polar surface area (TPSA) is 49.3 Å². The normalized spacial score (nSPS) is 32.5. The third-order valence-corrected chi connectivity index (χ3v) is 2.03. The first-order valence-electron chi connectivity index (χ1n) is 3.73. The molecular weight excluding hydrogens is 130 g/mol. The van der Waals surface area contributed by atoms with Crippen molar-refractivity contribution in [3.8, 4) is 0 Å². The van der Waals surface area contributed by atoms with Crippen LogP contribution >= 0.6 is 0 Å². The summed E-state index contributed by atoms with van der Waals surface area (Å²) in [6.45, 7) is 2.07. The molecule has 10 heavy (non-hydrogen) atoms. The molecule has 58 valence electrons. The first-order chi connectivity index (χ1) is 4.74. The molecule has 0 aromatic carbocycles. The second-order valence-corrected chi connectivity index (χ2v) is 2.74. The standard InChI is InChI=1S/C7H13NO2/c1-2-5-3-4-6(8-5)7(9)10/h5-6,8H,2-4H2,1H3,(H,9,10)/t5-,6?/m0/s1. The highest BCUT2D eigenvalue weighted by Gasteiger charge is 2.26. The van der Waals surface area contributed by atoms with Crippen LogP contribution in [0, 0.1) is 0 Å². The molecule has 0 amide bonds. The molecule has 0 bridgehead atoms. The first kappa shape index (κ1) is 7.54. The number of nitrogens with one attached hydrogen (secondary N) is 1. The highest BCUT2D eigenvalue weighted by molar-refractivity contribution is 5.73. The largest absolute Gasteiger partial charge is 0.480 e. The molecule has 3 heteroatoms. The molecule has 1 unspecified atom stereocenters. The summed E-state index contributed by atoms with van der Waals surface area (Å²) in [4.78, 5) is 10.4. The maximum absolute atomic E-state index is 10.4. The number of hydrogen-bond acceptors (Lipinski definition) is 2. The van der Waals surface area contributed by atoms with E-state index in [9.17, 15) is 4.79 Å². The predicted molar refractivity (Wildman–Crippen MR) is 37.9 cm³/mol. The summed E-state index contributed by atoms with van der Waals surface area (Å²) in [5, 5.41) is 11.6. The monoisotopic (exact) mass is 143 g/mol. The Morgan fingerprint density at radius 2 is 2.40 bits per heavy atom. The van der Waals surface area contributed by atoms with Gasteiger partial charge in [0.2, 0.25) is 0 Å². The second kappa shape index (κ2) is 3.01. The van der Waals surface area contributed by atoms with Gasteiger partial charge in [0.25, 0.3) is 0 Å². The molecule has 1 heterocycles. The van der Waals surface area contributed by atoms with Gasteiger partial charge >= 0.3 is 5.97 Å². The van der Waals surface area contributed by atoms with Crippen molar-refractivity contribution >= 4 is 5.97 Å². The van der Waals surface area contributed by atoms with E-state index in [4.69, 9.17) is 5.11 Å². The minimum absolute atomic E-state index is 0.287. The van der Waals surface area contributed by atoms with E-state index in [0.717, 1.165) is 19.3 Å². The Morgan fingerprint density at radius 3 is 2.70 bits per heavy atom. The highest BCUT2D eigenvalue weighted by atomic mass is 16.4. The molecule has 3 nitrogen and oxygen atoms in total. The Kier molecular flexibility index (Phi) is 2.27. The van der Waals surface area contributed by atoms with Gasteiger partial charge < -0.3 is 10.4 Å². The summed E-state index contributed by atoms with van der Waals surface area (Å²) in [6, 6.07) is 0.144. The van der Waals surface area contributed by atoms with Crippen LogP contribution in [0.5, 0.6) is 0 Å². The lowest BCUT2D eigenvalue weighted by molar-refractivity contribution is -0.139. The molecule has 1 aliphatic heterocycles. The number of carboxylic acid groups (broad SMARTS) is 1. The molecule has 0 aromatic rings. The van der Waals surface area contributed by atoms with E-state index in [1.807, 2.05) is 0 Å². The minimum Gasteiger partial charge on any atom is -0.480 e. The smallest absolute Gasteiger partial charge is 0.320 e. The molecular formula is C7H13NO2. The Balaban J connectivity index is 2.35. The Morgan fingerprint density at radius 1 is 1.70 bits per heavy atom. The van der Waals surface area contributed by atoms with E-state index in [0.29, 0.717) is 6.04 Å². The summed E-state index contributed by atoms with van der Waals surface area (Å²) in [5.41, 5.74) is 0. The molecule has 0 spiro atoms. The molecule has 1 rings (SSSR count). The van der Waals surface area contributed by atoms with E-state index >= 15 is 0 Å². The van der Waals surface area contributed by atoms with E-state index in [-0.39, 0.29) is 6.04 Å². The van der Waals surface area contributed by atoms with E-state index < -0.39 is 5.97 Å². The van der Waals surface area contributed by atoms with Gasteiger partial charge in [0.15, 0.2) is 0 Å². The van der Waals surface area contributed by atoms with Crippen LogP contribution < -0.4 is 5.32 Å². The van der Waals surface area contributed by atoms with Gasteiger partial charge in [-0.15, -0.1) is 0 Å². The van der Waals surface area contributed by atoms with Gasteiger partial charge in [0.1, 0.15) is 6.04 Å². The number of carbonyl (C=O) groups is 1. The fourth-order valence-electron chi connectivity index (χ4n) is 1.34. The molecule has 2 atom stereocenters. The maximum atomic E-state index is 10.4. The van der Waals surface area contributed by atoms with Crippen LogP contribution in [-0.2, 0) is 4.79 Å². The van der Waals surface area contributed by atoms with Crippen LogP contribution in [0.2, 0.25) is 0 Å². The highest BCUT2D eigenvalue weighted by Crippen LogP contribution is 2.14. The fraction of sp³-hybridized carbons (Fsp3) is 0.857. The number of rotatable bonds is 2. The minimum atomic E-state index is -0.712. The molecule has 0 aliphatic carbocycles. The summed E-state index contributed by atoms with van der Waals surface area (Å²) in [6.07, 6.45) is 2.82. The molecule has 2 N–H and O–H groups in total. The van der Waals surface area contributed by atoms with E-state index in [1.165, 1.54) is 0 Å². The van der Waals surface area contributed by atoms with Gasteiger partial charge in [0.05, 0.1) is 0 Å². The van der Waals surface area contributed by atoms with Crippen molar-refractivity contribution in [2.75, 3.05) is 0 Å². The summed E-state index contributed by atoms with van der Waals surface area (Å²) >= 11 is 0. The number of carboxylic acids is 1. The summed E-state index contributed by atoms with van der Waals surface area (Å²) in [7, 11) is 0. The summed E-state index contributed by atoms with van der Waals surface area (Å²) < 4.78 is 0. The molecule has 0 aromatic heterocycles. The van der Waals surface area contributed by atoms with Crippen LogP contribution in [-0.4, -0.2) is 23.2 Å². The van der Waals surface area contributed by atoms with Crippen molar-refractivity contribution in [3.05, 3.63) is 0 Å². The Labute approximate surface area is 60.4 Å². The lowest BCUT2D eigenvalue weighted by Crippen LogP contribution is -2.34. The predicted octanol–water partition coefficient (Wildman–Crippen LogP) is 0.602. The van der Waals surface area contributed by atoms with Gasteiger partial charge in [0, 0.05) is 6.04 Å². The van der Waals surface area contributed by atoms with Gasteiger partial charge in [-0.1, -0.05) is 6.92 Å². The Hall–Kier alpha value is -0.570. The van der Waals surface area contributed by atoms with Gasteiger partial charge in [-0.05, 0) is 19.3 Å². The average molecular weight is 143 g/mol. The van der Waals surface area contributed by atoms with Crippen molar-refractivity contribution in [1.82, 2.24) is 5.32 Å². The molecule has 1 saturated heterocycles. The molecule has 0 saturated carbocycles. The lowest BCUT2D eigenvalue weighted by Gasteiger charge is -2.07. The van der Waals surface area contributed by atoms with E-state index in [2.05, 4.69) is 12.2 Å². The third kappa shape index (κ3) is 1.48.